The molecule has 8 nitrogen and oxygen atoms in total. The molecule has 0 saturated carbocycles. The van der Waals surface area contributed by atoms with E-state index >= 15 is 0 Å². The Labute approximate surface area is 194 Å². The first-order valence-corrected chi connectivity index (χ1v) is 9.93. The van der Waals surface area contributed by atoms with Crippen LogP contribution in [0.4, 0.5) is 18.9 Å². The van der Waals surface area contributed by atoms with E-state index < -0.39 is 28.3 Å². The van der Waals surface area contributed by atoms with Crippen LogP contribution >= 0.6 is 23.2 Å². The molecule has 0 fully saturated rings. The Bertz CT molecular complexity index is 1190. The van der Waals surface area contributed by atoms with Gasteiger partial charge in [-0.05, 0) is 31.2 Å². The molecular formula is C20H14Cl2F3N3O5. The molecule has 0 unspecified atom stereocenters. The Kier molecular flexibility index (Phi) is 7.13. The van der Waals surface area contributed by atoms with Crippen LogP contribution in [0.15, 0.2) is 40.9 Å². The molecule has 1 heterocycles. The van der Waals surface area contributed by atoms with E-state index in [1.807, 2.05) is 0 Å². The van der Waals surface area contributed by atoms with Gasteiger partial charge in [0.05, 0.1) is 27.1 Å². The Hall–Kier alpha value is -3.31. The Balaban J connectivity index is 1.71. The van der Waals surface area contributed by atoms with Gasteiger partial charge < -0.3 is 14.6 Å². The average molecular weight is 504 g/mol. The van der Waals surface area contributed by atoms with Gasteiger partial charge in [-0.1, -0.05) is 34.4 Å². The normalized spacial score (nSPS) is 11.3. The molecule has 174 valence electrons. The minimum absolute atomic E-state index is 0.0745. The number of hydrogen-bond acceptors (Lipinski definition) is 6. The minimum atomic E-state index is -4.74. The van der Waals surface area contributed by atoms with Crippen molar-refractivity contribution in [3.8, 4) is 17.0 Å². The lowest BCUT2D eigenvalue weighted by atomic mass is 10.1. The van der Waals surface area contributed by atoms with Gasteiger partial charge in [0.15, 0.2) is 5.75 Å². The number of hydrogen-bond donors (Lipinski definition) is 1. The standard InChI is InChI=1S/C20H14Cl2F3N3O5/c1-10-16(18(27-33-10)17-12(21)3-2-4-13(17)22)19(29)26-7-8-32-15-6-5-11(20(23,24)25)9-14(15)28(30)31/h2-6,9H,7-8H2,1H3,(H,26,29). The molecule has 3 rings (SSSR count). The molecule has 0 aliphatic carbocycles. The maximum absolute atomic E-state index is 12.8. The Morgan fingerprint density at radius 3 is 2.52 bits per heavy atom. The first kappa shape index (κ1) is 24.3. The zero-order chi connectivity index (χ0) is 24.3. The van der Waals surface area contributed by atoms with Crippen molar-refractivity contribution in [1.82, 2.24) is 10.5 Å². The first-order valence-electron chi connectivity index (χ1n) is 9.18. The number of aromatic nitrogens is 1. The van der Waals surface area contributed by atoms with E-state index in [0.717, 1.165) is 6.07 Å². The third-order valence-electron chi connectivity index (χ3n) is 4.42. The fourth-order valence-corrected chi connectivity index (χ4v) is 3.48. The molecule has 0 aliphatic heterocycles. The van der Waals surface area contributed by atoms with Crippen molar-refractivity contribution in [3.63, 3.8) is 0 Å². The van der Waals surface area contributed by atoms with Crippen molar-refractivity contribution in [3.05, 3.63) is 73.4 Å². The molecule has 0 atom stereocenters. The molecule has 0 radical (unpaired) electrons. The number of benzene rings is 2. The summed E-state index contributed by atoms with van der Waals surface area (Å²) in [6.45, 7) is 1.13. The lowest BCUT2D eigenvalue weighted by molar-refractivity contribution is -0.386. The van der Waals surface area contributed by atoms with Gasteiger partial charge in [-0.25, -0.2) is 0 Å². The summed E-state index contributed by atoms with van der Waals surface area (Å²) < 4.78 is 48.7. The van der Waals surface area contributed by atoms with E-state index in [-0.39, 0.29) is 46.0 Å². The van der Waals surface area contributed by atoms with Gasteiger partial charge in [0, 0.05) is 11.6 Å². The van der Waals surface area contributed by atoms with Crippen LogP contribution in [0.2, 0.25) is 10.0 Å². The highest BCUT2D eigenvalue weighted by atomic mass is 35.5. The van der Waals surface area contributed by atoms with Gasteiger partial charge >= 0.3 is 11.9 Å². The highest BCUT2D eigenvalue weighted by Gasteiger charge is 2.33. The molecule has 0 saturated heterocycles. The largest absolute Gasteiger partial charge is 0.485 e. The van der Waals surface area contributed by atoms with Crippen LogP contribution in [-0.2, 0) is 6.18 Å². The van der Waals surface area contributed by atoms with Crippen molar-refractivity contribution in [2.75, 3.05) is 13.2 Å². The van der Waals surface area contributed by atoms with Crippen LogP contribution < -0.4 is 10.1 Å². The summed E-state index contributed by atoms with van der Waals surface area (Å²) in [5.74, 6) is -0.782. The minimum Gasteiger partial charge on any atom is -0.485 e. The number of nitro benzene ring substituents is 1. The van der Waals surface area contributed by atoms with Crippen LogP contribution in [0.25, 0.3) is 11.3 Å². The third kappa shape index (κ3) is 5.37. The molecule has 2 aromatic carbocycles. The SMILES string of the molecule is Cc1onc(-c2c(Cl)cccc2Cl)c1C(=O)NCCOc1ccc(C(F)(F)F)cc1[N+](=O)[O-]. The van der Waals surface area contributed by atoms with E-state index in [9.17, 15) is 28.1 Å². The molecule has 1 N–H and O–H groups in total. The number of aryl methyl sites for hydroxylation is 1. The number of carbonyl (C=O) groups excluding carboxylic acids is 1. The van der Waals surface area contributed by atoms with Crippen LogP contribution in [0.5, 0.6) is 5.75 Å². The Morgan fingerprint density at radius 1 is 1.24 bits per heavy atom. The van der Waals surface area contributed by atoms with Crippen molar-refractivity contribution in [2.45, 2.75) is 13.1 Å². The molecule has 1 amide bonds. The lowest BCUT2D eigenvalue weighted by Crippen LogP contribution is -2.28. The summed E-state index contributed by atoms with van der Waals surface area (Å²) in [7, 11) is 0. The van der Waals surface area contributed by atoms with Gasteiger partial charge in [0.1, 0.15) is 23.6 Å². The predicted molar refractivity (Wildman–Crippen MR) is 113 cm³/mol. The first-order chi connectivity index (χ1) is 15.5. The molecule has 13 heteroatoms. The number of alkyl halides is 3. The zero-order valence-electron chi connectivity index (χ0n) is 16.7. The number of amides is 1. The molecule has 3 aromatic rings. The number of nitro groups is 1. The fraction of sp³-hybridized carbons (Fsp3) is 0.200. The second-order valence-electron chi connectivity index (χ2n) is 6.60. The molecule has 1 aromatic heterocycles. The number of rotatable bonds is 7. The summed E-state index contributed by atoms with van der Waals surface area (Å²) in [6.07, 6.45) is -4.74. The van der Waals surface area contributed by atoms with Crippen molar-refractivity contribution in [1.29, 1.82) is 0 Å². The maximum atomic E-state index is 12.8. The van der Waals surface area contributed by atoms with E-state index in [0.29, 0.717) is 17.7 Å². The molecule has 0 aliphatic rings. The van der Waals surface area contributed by atoms with Crippen molar-refractivity contribution in [2.24, 2.45) is 0 Å². The van der Waals surface area contributed by atoms with E-state index in [4.69, 9.17) is 32.5 Å². The van der Waals surface area contributed by atoms with E-state index in [1.165, 1.54) is 6.92 Å². The molecule has 0 bridgehead atoms. The second-order valence-corrected chi connectivity index (χ2v) is 7.42. The highest BCUT2D eigenvalue weighted by molar-refractivity contribution is 6.39. The molecule has 0 spiro atoms. The Morgan fingerprint density at radius 2 is 1.91 bits per heavy atom. The number of nitrogens with one attached hydrogen (secondary N) is 1. The summed E-state index contributed by atoms with van der Waals surface area (Å²) in [4.78, 5) is 22.8. The third-order valence-corrected chi connectivity index (χ3v) is 5.05. The second kappa shape index (κ2) is 9.67. The van der Waals surface area contributed by atoms with Crippen LogP contribution in [0.3, 0.4) is 0 Å². The number of carbonyl (C=O) groups is 1. The number of nitrogens with zero attached hydrogens (tertiary/aromatic N) is 2. The van der Waals surface area contributed by atoms with Crippen LogP contribution in [-0.4, -0.2) is 29.1 Å². The van der Waals surface area contributed by atoms with Crippen molar-refractivity contribution >= 4 is 34.8 Å². The van der Waals surface area contributed by atoms with E-state index in [2.05, 4.69) is 10.5 Å². The zero-order valence-corrected chi connectivity index (χ0v) is 18.2. The highest BCUT2D eigenvalue weighted by Crippen LogP contribution is 2.37. The van der Waals surface area contributed by atoms with Crippen molar-refractivity contribution < 1.29 is 32.1 Å². The smallest absolute Gasteiger partial charge is 0.416 e. The van der Waals surface area contributed by atoms with Gasteiger partial charge in [0.25, 0.3) is 5.91 Å². The fourth-order valence-electron chi connectivity index (χ4n) is 2.91. The molecule has 33 heavy (non-hydrogen) atoms. The number of halogens is 5. The topological polar surface area (TPSA) is 108 Å². The summed E-state index contributed by atoms with van der Waals surface area (Å²) >= 11 is 12.4. The van der Waals surface area contributed by atoms with Crippen LogP contribution in [0, 0.1) is 17.0 Å². The van der Waals surface area contributed by atoms with Gasteiger partial charge in [-0.3, -0.25) is 14.9 Å². The number of ether oxygens (including phenoxy) is 1. The molecular weight excluding hydrogens is 490 g/mol. The maximum Gasteiger partial charge on any atom is 0.416 e. The summed E-state index contributed by atoms with van der Waals surface area (Å²) in [5, 5.41) is 18.0. The van der Waals surface area contributed by atoms with Crippen LogP contribution in [0.1, 0.15) is 21.7 Å². The summed E-state index contributed by atoms with van der Waals surface area (Å²) in [6, 6.07) is 6.66. The average Bonchev–Trinajstić information content (AvgIpc) is 3.11. The quantitative estimate of drug-likeness (QED) is 0.252. The monoisotopic (exact) mass is 503 g/mol. The summed E-state index contributed by atoms with van der Waals surface area (Å²) in [5.41, 5.74) is -1.52. The van der Waals surface area contributed by atoms with Gasteiger partial charge in [-0.15, -0.1) is 0 Å². The lowest BCUT2D eigenvalue weighted by Gasteiger charge is -2.11. The van der Waals surface area contributed by atoms with E-state index in [1.54, 1.807) is 18.2 Å². The van der Waals surface area contributed by atoms with Gasteiger partial charge in [0.2, 0.25) is 0 Å². The predicted octanol–water partition coefficient (Wildman–Crippen LogP) is 5.69. The van der Waals surface area contributed by atoms with Gasteiger partial charge in [-0.2, -0.15) is 13.2 Å².